The third kappa shape index (κ3) is 4.18. The molecule has 1 N–H and O–H groups in total. The van der Waals surface area contributed by atoms with Crippen molar-refractivity contribution in [3.63, 3.8) is 0 Å². The zero-order chi connectivity index (χ0) is 21.3. The Morgan fingerprint density at radius 3 is 2.42 bits per heavy atom. The van der Waals surface area contributed by atoms with Crippen molar-refractivity contribution in [1.82, 2.24) is 10.2 Å². The van der Waals surface area contributed by atoms with Crippen LogP contribution in [-0.4, -0.2) is 41.4 Å². The second-order valence-electron chi connectivity index (χ2n) is 9.28. The van der Waals surface area contributed by atoms with Gasteiger partial charge < -0.3 is 15.0 Å². The van der Waals surface area contributed by atoms with Gasteiger partial charge in [0.25, 0.3) is 5.91 Å². The Hall–Kier alpha value is -2.82. The number of hydrogen-bond donors (Lipinski definition) is 1. The molecular formula is C26H30N2O3. The molecule has 1 aliphatic carbocycles. The Labute approximate surface area is 183 Å². The fraction of sp³-hybridized carbons (Fsp3) is 0.462. The summed E-state index contributed by atoms with van der Waals surface area (Å²) in [4.78, 5) is 27.5. The smallest absolute Gasteiger partial charge is 0.253 e. The van der Waals surface area contributed by atoms with Crippen molar-refractivity contribution in [2.75, 3.05) is 13.1 Å². The number of fused-ring (bicyclic) bond motifs is 1. The number of benzene rings is 2. The van der Waals surface area contributed by atoms with Crippen LogP contribution in [-0.2, 0) is 4.79 Å². The van der Waals surface area contributed by atoms with E-state index in [1.165, 1.54) is 6.42 Å². The van der Waals surface area contributed by atoms with Crippen molar-refractivity contribution < 1.29 is 14.3 Å². The monoisotopic (exact) mass is 418 g/mol. The van der Waals surface area contributed by atoms with Crippen LogP contribution >= 0.6 is 0 Å². The molecule has 31 heavy (non-hydrogen) atoms. The minimum Gasteiger partial charge on any atom is -0.487 e. The van der Waals surface area contributed by atoms with Crippen molar-refractivity contribution in [3.8, 4) is 5.75 Å². The van der Waals surface area contributed by atoms with Crippen LogP contribution in [0.4, 0.5) is 0 Å². The summed E-state index contributed by atoms with van der Waals surface area (Å²) < 4.78 is 6.55. The van der Waals surface area contributed by atoms with E-state index in [0.717, 1.165) is 49.0 Å². The van der Waals surface area contributed by atoms with E-state index in [-0.39, 0.29) is 23.3 Å². The van der Waals surface area contributed by atoms with Crippen molar-refractivity contribution >= 4 is 11.8 Å². The summed E-state index contributed by atoms with van der Waals surface area (Å²) in [5, 5.41) is 3.19. The van der Waals surface area contributed by atoms with E-state index >= 15 is 0 Å². The van der Waals surface area contributed by atoms with Crippen LogP contribution < -0.4 is 10.1 Å². The first-order valence-electron chi connectivity index (χ1n) is 11.5. The molecular weight excluding hydrogens is 388 g/mol. The van der Waals surface area contributed by atoms with Gasteiger partial charge in [0, 0.05) is 49.9 Å². The number of hydrogen-bond acceptors (Lipinski definition) is 3. The number of carbonyl (C=O) groups is 2. The Morgan fingerprint density at radius 1 is 1.00 bits per heavy atom. The van der Waals surface area contributed by atoms with Crippen molar-refractivity contribution in [3.05, 3.63) is 65.7 Å². The van der Waals surface area contributed by atoms with Crippen LogP contribution in [0.3, 0.4) is 0 Å². The van der Waals surface area contributed by atoms with Crippen LogP contribution in [0.15, 0.2) is 54.6 Å². The highest BCUT2D eigenvalue weighted by Gasteiger charge is 2.44. The molecule has 1 spiro atoms. The topological polar surface area (TPSA) is 58.6 Å². The number of ether oxygens (including phenoxy) is 1. The lowest BCUT2D eigenvalue weighted by Gasteiger charge is -2.47. The van der Waals surface area contributed by atoms with Gasteiger partial charge in [-0.1, -0.05) is 36.4 Å². The summed E-state index contributed by atoms with van der Waals surface area (Å²) >= 11 is 0. The van der Waals surface area contributed by atoms with Gasteiger partial charge in [-0.2, -0.15) is 0 Å². The van der Waals surface area contributed by atoms with E-state index in [0.29, 0.717) is 25.6 Å². The zero-order valence-corrected chi connectivity index (χ0v) is 17.9. The SMILES string of the molecule is O=C(CC1CC2(CCN(C(=O)c3ccccc3)CC2)Oc2ccccc21)NC1CCC1. The van der Waals surface area contributed by atoms with Gasteiger partial charge in [0.15, 0.2) is 0 Å². The maximum Gasteiger partial charge on any atom is 0.253 e. The van der Waals surface area contributed by atoms with Gasteiger partial charge in [0.1, 0.15) is 11.4 Å². The highest BCUT2D eigenvalue weighted by Crippen LogP contribution is 2.46. The molecule has 0 aromatic heterocycles. The van der Waals surface area contributed by atoms with E-state index in [2.05, 4.69) is 11.4 Å². The molecule has 5 rings (SSSR count). The molecule has 1 saturated heterocycles. The molecule has 0 bridgehead atoms. The van der Waals surface area contributed by atoms with Crippen LogP contribution in [0, 0.1) is 0 Å². The molecule has 2 fully saturated rings. The summed E-state index contributed by atoms with van der Waals surface area (Å²) in [7, 11) is 0. The molecule has 2 aromatic carbocycles. The van der Waals surface area contributed by atoms with E-state index in [4.69, 9.17) is 4.74 Å². The van der Waals surface area contributed by atoms with Gasteiger partial charge in [0.05, 0.1) is 0 Å². The minimum absolute atomic E-state index is 0.0862. The molecule has 2 aromatic rings. The maximum atomic E-state index is 12.8. The third-order valence-electron chi connectivity index (χ3n) is 7.19. The Kier molecular flexibility index (Phi) is 5.43. The molecule has 1 unspecified atom stereocenters. The lowest BCUT2D eigenvalue weighted by Crippen LogP contribution is -2.52. The predicted molar refractivity (Wildman–Crippen MR) is 119 cm³/mol. The maximum absolute atomic E-state index is 12.8. The Morgan fingerprint density at radius 2 is 1.71 bits per heavy atom. The summed E-state index contributed by atoms with van der Waals surface area (Å²) in [6.07, 6.45) is 6.34. The molecule has 5 heteroatoms. The Bertz CT molecular complexity index is 946. The Balaban J connectivity index is 1.29. The van der Waals surface area contributed by atoms with Gasteiger partial charge in [0.2, 0.25) is 5.91 Å². The molecule has 5 nitrogen and oxygen atoms in total. The first kappa shape index (κ1) is 20.1. The molecule has 3 aliphatic rings. The molecule has 2 amide bonds. The average Bonchev–Trinajstić information content (AvgIpc) is 2.77. The second kappa shape index (κ2) is 8.37. The number of nitrogens with zero attached hydrogens (tertiary/aromatic N) is 1. The summed E-state index contributed by atoms with van der Waals surface area (Å²) in [6.45, 7) is 1.35. The van der Waals surface area contributed by atoms with Crippen LogP contribution in [0.5, 0.6) is 5.75 Å². The molecule has 2 heterocycles. The van der Waals surface area contributed by atoms with Gasteiger partial charge in [-0.25, -0.2) is 0 Å². The number of rotatable bonds is 4. The van der Waals surface area contributed by atoms with Crippen molar-refractivity contribution in [2.45, 2.75) is 62.5 Å². The molecule has 162 valence electrons. The first-order valence-corrected chi connectivity index (χ1v) is 11.5. The van der Waals surface area contributed by atoms with Gasteiger partial charge >= 0.3 is 0 Å². The predicted octanol–water partition coefficient (Wildman–Crippen LogP) is 4.29. The fourth-order valence-corrected chi connectivity index (χ4v) is 5.18. The minimum atomic E-state index is -0.302. The average molecular weight is 419 g/mol. The summed E-state index contributed by atoms with van der Waals surface area (Å²) in [5.41, 5.74) is 1.57. The van der Waals surface area contributed by atoms with Gasteiger partial charge in [-0.3, -0.25) is 9.59 Å². The first-order chi connectivity index (χ1) is 15.1. The number of carbonyl (C=O) groups excluding carboxylic acids is 2. The summed E-state index contributed by atoms with van der Waals surface area (Å²) in [6, 6.07) is 18.0. The number of amides is 2. The quantitative estimate of drug-likeness (QED) is 0.806. The van der Waals surface area contributed by atoms with Crippen LogP contribution in [0.25, 0.3) is 0 Å². The molecule has 1 atom stereocenters. The molecule has 1 saturated carbocycles. The van der Waals surface area contributed by atoms with E-state index in [1.807, 2.05) is 53.4 Å². The number of piperidine rings is 1. The third-order valence-corrected chi connectivity index (χ3v) is 7.19. The number of likely N-dealkylation sites (tertiary alicyclic amines) is 1. The fourth-order valence-electron chi connectivity index (χ4n) is 5.18. The lowest BCUT2D eigenvalue weighted by atomic mass is 9.76. The number of para-hydroxylation sites is 1. The normalized spacial score (nSPS) is 22.2. The highest BCUT2D eigenvalue weighted by atomic mass is 16.5. The highest BCUT2D eigenvalue weighted by molar-refractivity contribution is 5.94. The zero-order valence-electron chi connectivity index (χ0n) is 17.9. The van der Waals surface area contributed by atoms with E-state index in [9.17, 15) is 9.59 Å². The summed E-state index contributed by atoms with van der Waals surface area (Å²) in [5.74, 6) is 1.29. The second-order valence-corrected chi connectivity index (χ2v) is 9.28. The molecule has 2 aliphatic heterocycles. The van der Waals surface area contributed by atoms with Crippen LogP contribution in [0.1, 0.15) is 66.8 Å². The van der Waals surface area contributed by atoms with E-state index < -0.39 is 0 Å². The number of nitrogens with one attached hydrogen (secondary N) is 1. The van der Waals surface area contributed by atoms with Gasteiger partial charge in [-0.05, 0) is 49.4 Å². The standard InChI is InChI=1S/C26H30N2O3/c29-24(27-21-9-6-10-21)17-20-18-26(31-23-12-5-4-11-22(20)23)13-15-28(16-14-26)25(30)19-7-2-1-3-8-19/h1-5,7-8,11-12,20-21H,6,9-10,13-18H2,(H,27,29). The lowest BCUT2D eigenvalue weighted by molar-refractivity contribution is -0.123. The van der Waals surface area contributed by atoms with Gasteiger partial charge in [-0.15, -0.1) is 0 Å². The van der Waals surface area contributed by atoms with Crippen molar-refractivity contribution in [1.29, 1.82) is 0 Å². The van der Waals surface area contributed by atoms with E-state index in [1.54, 1.807) is 0 Å². The van der Waals surface area contributed by atoms with Crippen molar-refractivity contribution in [2.24, 2.45) is 0 Å². The van der Waals surface area contributed by atoms with Crippen LogP contribution in [0.2, 0.25) is 0 Å². The molecule has 0 radical (unpaired) electrons. The largest absolute Gasteiger partial charge is 0.487 e.